The zero-order valence-corrected chi connectivity index (χ0v) is 34.7. The lowest BCUT2D eigenvalue weighted by molar-refractivity contribution is -0.688. The van der Waals surface area contributed by atoms with Gasteiger partial charge in [0.05, 0.1) is 0 Å². The number of hydrogen-bond acceptors (Lipinski definition) is 0. The number of hydrogen-bond donors (Lipinski definition) is 0. The van der Waals surface area contributed by atoms with Gasteiger partial charge in [-0.05, 0) is 27.8 Å². The summed E-state index contributed by atoms with van der Waals surface area (Å²) in [6.07, 6.45) is -2.82. The summed E-state index contributed by atoms with van der Waals surface area (Å²) < 4.78 is 296. The van der Waals surface area contributed by atoms with Crippen LogP contribution in [0.4, 0.5) is 87.8 Å². The first-order valence-electron chi connectivity index (χ1n) is 20.0. The molecule has 0 fully saturated rings. The van der Waals surface area contributed by atoms with Gasteiger partial charge in [-0.1, -0.05) is 78.9 Å². The number of nitrogens with zero attached hydrogens (tertiary/aromatic N) is 1. The van der Waals surface area contributed by atoms with Crippen molar-refractivity contribution in [2.24, 2.45) is 0 Å². The molecule has 0 amide bonds. The maximum atomic E-state index is 15.4. The molecule has 1 nitrogen and oxygen atoms in total. The van der Waals surface area contributed by atoms with Crippen molar-refractivity contribution in [3.63, 3.8) is 0 Å². The molecule has 0 saturated carbocycles. The van der Waals surface area contributed by atoms with Gasteiger partial charge in [-0.25, -0.2) is 92.4 Å². The smallest absolute Gasteiger partial charge is 0.200 e. The van der Waals surface area contributed by atoms with Crippen LogP contribution in [0.15, 0.2) is 103 Å². The summed E-state index contributed by atoms with van der Waals surface area (Å²) in [6.45, 7) is 0.902. The zero-order valence-electron chi connectivity index (χ0n) is 34.7. The molecule has 1 aliphatic rings. The molecule has 0 radical (unpaired) electrons. The van der Waals surface area contributed by atoms with E-state index in [1.54, 1.807) is 0 Å². The van der Waals surface area contributed by atoms with Crippen molar-refractivity contribution in [1.82, 2.24) is 0 Å². The molecule has 0 spiro atoms. The lowest BCUT2D eigenvalue weighted by Crippen LogP contribution is -2.81. The Morgan fingerprint density at radius 1 is 0.296 bits per heavy atom. The largest absolute Gasteiger partial charge is 0.207 e. The summed E-state index contributed by atoms with van der Waals surface area (Å²) in [5, 5.41) is 0. The van der Waals surface area contributed by atoms with Crippen LogP contribution >= 0.6 is 0 Å². The Morgan fingerprint density at radius 2 is 0.549 bits per heavy atom. The fraction of sp³-hybridized carbons (Fsp3) is 0.0408. The summed E-state index contributed by atoms with van der Waals surface area (Å²) in [5.41, 5.74) is -6.09. The van der Waals surface area contributed by atoms with Crippen LogP contribution in [0.1, 0.15) is 28.2 Å². The molecule has 1 aromatic heterocycles. The van der Waals surface area contributed by atoms with Gasteiger partial charge in [-0.3, -0.25) is 0 Å². The minimum Gasteiger partial charge on any atom is -0.207 e. The molecule has 0 aliphatic heterocycles. The Kier molecular flexibility index (Phi) is 13.0. The van der Waals surface area contributed by atoms with Crippen molar-refractivity contribution in [2.45, 2.75) is 12.5 Å². The second-order valence-electron chi connectivity index (χ2n) is 15.7. The molecule has 0 bridgehead atoms. The van der Waals surface area contributed by atoms with Crippen molar-refractivity contribution in [1.29, 1.82) is 0 Å². The molecule has 0 saturated heterocycles. The van der Waals surface area contributed by atoms with Gasteiger partial charge in [0.2, 0.25) is 0 Å². The van der Waals surface area contributed by atoms with Crippen LogP contribution in [0.25, 0.3) is 11.1 Å². The summed E-state index contributed by atoms with van der Waals surface area (Å²) in [4.78, 5) is 0. The predicted molar refractivity (Wildman–Crippen MR) is 214 cm³/mol. The number of rotatable bonds is 7. The second-order valence-corrected chi connectivity index (χ2v) is 15.7. The lowest BCUT2D eigenvalue weighted by Gasteiger charge is -2.44. The van der Waals surface area contributed by atoms with Gasteiger partial charge in [-0.2, -0.15) is 0 Å². The minimum absolute atomic E-state index is 0.328. The molecule has 1 aliphatic carbocycles. The van der Waals surface area contributed by atoms with Crippen molar-refractivity contribution in [3.05, 3.63) is 242 Å². The Balaban J connectivity index is 0.000000218. The summed E-state index contributed by atoms with van der Waals surface area (Å²) in [6, 6.07) is 32.7. The quantitative estimate of drug-likeness (QED) is 0.0493. The molecular weight excluding hydrogens is 993 g/mol. The standard InChI is InChI=1S/C25H20N.C24BF20/c1-2-8-19(9-3-1)18-26-16-14-20(15-17-26)25-23-12-6-4-10-21(23)22-11-5-7-13-24(22)25;26-5-1(6(27)14(35)21(42)13(5)34)25(2-7(28)15(36)22(43)16(37)8(2)29,3-9(30)17(38)23(44)18(39)10(3)31)4-11(32)19(40)24(45)20(41)12(4)33/h1-17,25H,18H2;/q+1;-1. The third kappa shape index (κ3) is 7.65. The van der Waals surface area contributed by atoms with Crippen molar-refractivity contribution in [2.75, 3.05) is 0 Å². The summed E-state index contributed by atoms with van der Waals surface area (Å²) in [5.74, 6) is -71.1. The summed E-state index contributed by atoms with van der Waals surface area (Å²) >= 11 is 0. The Hall–Kier alpha value is -7.65. The van der Waals surface area contributed by atoms with Gasteiger partial charge in [0, 0.05) is 23.6 Å². The number of halogens is 20. The summed E-state index contributed by atoms with van der Waals surface area (Å²) in [7, 11) is 0. The molecule has 8 aromatic rings. The molecule has 1 heterocycles. The molecule has 0 N–H and O–H groups in total. The SMILES string of the molecule is Fc1c(F)c(F)c([B-](c2c(F)c(F)c(F)c(F)c2F)(c2c(F)c(F)c(F)c(F)c2F)c2c(F)c(F)c(F)c(F)c2F)c(F)c1F.c1ccc(C[n+]2ccc(C3c4ccccc4-c4ccccc43)cc2)cc1. The van der Waals surface area contributed by atoms with E-state index in [2.05, 4.69) is 108 Å². The van der Waals surface area contributed by atoms with Gasteiger partial charge in [0.15, 0.2) is 88.7 Å². The van der Waals surface area contributed by atoms with E-state index in [4.69, 9.17) is 0 Å². The van der Waals surface area contributed by atoms with E-state index in [-0.39, 0.29) is 0 Å². The molecule has 71 heavy (non-hydrogen) atoms. The van der Waals surface area contributed by atoms with Gasteiger partial charge < -0.3 is 0 Å². The first-order chi connectivity index (χ1) is 33.6. The van der Waals surface area contributed by atoms with Gasteiger partial charge in [0.25, 0.3) is 0 Å². The van der Waals surface area contributed by atoms with E-state index in [9.17, 15) is 52.7 Å². The minimum atomic E-state index is -7.22. The normalized spacial score (nSPS) is 12.2. The predicted octanol–water partition coefficient (Wildman–Crippen LogP) is 11.0. The molecule has 0 atom stereocenters. The van der Waals surface area contributed by atoms with Crippen LogP contribution in [0.5, 0.6) is 0 Å². The van der Waals surface area contributed by atoms with E-state index in [1.807, 2.05) is 0 Å². The monoisotopic (exact) mass is 1010 g/mol. The van der Waals surface area contributed by atoms with E-state index in [1.165, 1.54) is 33.4 Å². The van der Waals surface area contributed by atoms with Crippen LogP contribution in [0.2, 0.25) is 0 Å². The number of benzene rings is 7. The average molecular weight is 1010 g/mol. The van der Waals surface area contributed by atoms with E-state index in [0.717, 1.165) is 6.54 Å². The average Bonchev–Trinajstić information content (AvgIpc) is 3.71. The maximum Gasteiger partial charge on any atom is 0.200 e. The van der Waals surface area contributed by atoms with E-state index >= 15 is 35.1 Å². The first kappa shape index (κ1) is 49.8. The molecule has 9 rings (SSSR count). The third-order valence-electron chi connectivity index (χ3n) is 12.0. The van der Waals surface area contributed by atoms with E-state index < -0.39 is 144 Å². The maximum absolute atomic E-state index is 15.4. The van der Waals surface area contributed by atoms with Gasteiger partial charge in [0.1, 0.15) is 52.7 Å². The highest BCUT2D eigenvalue weighted by Gasteiger charge is 2.52. The third-order valence-corrected chi connectivity index (χ3v) is 12.0. The second kappa shape index (κ2) is 18.6. The van der Waals surface area contributed by atoms with Crippen LogP contribution in [-0.4, -0.2) is 6.15 Å². The van der Waals surface area contributed by atoms with Crippen LogP contribution in [0.3, 0.4) is 0 Å². The number of pyridine rings is 1. The lowest BCUT2D eigenvalue weighted by atomic mass is 9.12. The van der Waals surface area contributed by atoms with Gasteiger partial charge in [-0.15, -0.1) is 21.9 Å². The number of aromatic nitrogens is 1. The highest BCUT2D eigenvalue weighted by molar-refractivity contribution is 7.20. The Labute approximate surface area is 385 Å². The molecular formula is C49H20BF20N. The van der Waals surface area contributed by atoms with Crippen molar-refractivity contribution < 1.29 is 92.4 Å². The van der Waals surface area contributed by atoms with Crippen molar-refractivity contribution in [3.8, 4) is 11.1 Å². The van der Waals surface area contributed by atoms with E-state index in [0.29, 0.717) is 5.92 Å². The number of fused-ring (bicyclic) bond motifs is 3. The Bertz CT molecular complexity index is 3030. The fourth-order valence-electron chi connectivity index (χ4n) is 8.95. The molecule has 0 unspecified atom stereocenters. The first-order valence-corrected chi connectivity index (χ1v) is 20.0. The highest BCUT2D eigenvalue weighted by atomic mass is 19.2. The molecule has 22 heteroatoms. The van der Waals surface area contributed by atoms with Crippen LogP contribution in [-0.2, 0) is 6.54 Å². The van der Waals surface area contributed by atoms with Crippen LogP contribution < -0.4 is 26.4 Å². The Morgan fingerprint density at radius 3 is 0.845 bits per heavy atom. The van der Waals surface area contributed by atoms with Gasteiger partial charge >= 0.3 is 0 Å². The van der Waals surface area contributed by atoms with Crippen molar-refractivity contribution >= 4 is 28.0 Å². The fourth-order valence-corrected chi connectivity index (χ4v) is 8.95. The topological polar surface area (TPSA) is 3.88 Å². The molecule has 364 valence electrons. The van der Waals surface area contributed by atoms with Crippen LogP contribution in [0, 0.1) is 116 Å². The molecule has 7 aromatic carbocycles. The highest BCUT2D eigenvalue weighted by Crippen LogP contribution is 2.47. The zero-order chi connectivity index (χ0) is 51.7.